The Morgan fingerprint density at radius 1 is 1.17 bits per heavy atom. The van der Waals surface area contributed by atoms with Crippen LogP contribution in [0, 0.1) is 23.1 Å². The van der Waals surface area contributed by atoms with E-state index in [1.807, 2.05) is 6.07 Å². The normalized spacial score (nSPS) is 19.3. The molecule has 3 atom stereocenters. The quantitative estimate of drug-likeness (QED) is 0.257. The van der Waals surface area contributed by atoms with Gasteiger partial charge in [0.1, 0.15) is 17.6 Å². The van der Waals surface area contributed by atoms with Gasteiger partial charge >= 0.3 is 0 Å². The van der Waals surface area contributed by atoms with E-state index >= 15 is 4.39 Å². The topological polar surface area (TPSA) is 131 Å². The number of ketones is 1. The molecular weight excluding hydrogens is 545 g/mol. The van der Waals surface area contributed by atoms with Crippen LogP contribution in [0.25, 0.3) is 0 Å². The highest BCUT2D eigenvalue weighted by atomic mass is 35.5. The number of aliphatic hydroxyl groups excluding tert-OH is 1. The molecule has 0 aromatic heterocycles. The van der Waals surface area contributed by atoms with Crippen LogP contribution < -0.4 is 16.4 Å². The Hall–Kier alpha value is -3.81. The fraction of sp³-hybridized carbons (Fsp3) is 0.323. The van der Waals surface area contributed by atoms with Gasteiger partial charge in [-0.15, -0.1) is 0 Å². The Kier molecular flexibility index (Phi) is 8.38. The smallest absolute Gasteiger partial charge is 0.242 e. The average molecular weight is 576 g/mol. The van der Waals surface area contributed by atoms with Gasteiger partial charge in [-0.3, -0.25) is 9.59 Å². The zero-order valence-corrected chi connectivity index (χ0v) is 23.1. The van der Waals surface area contributed by atoms with Crippen LogP contribution in [0.4, 0.5) is 15.8 Å². The number of hydrogen-bond donors (Lipinski definition) is 4. The number of benzene rings is 3. The Labute approximate surface area is 242 Å². The maximum Gasteiger partial charge on any atom is 0.242 e. The predicted molar refractivity (Wildman–Crippen MR) is 154 cm³/mol. The van der Waals surface area contributed by atoms with Crippen molar-refractivity contribution in [2.24, 2.45) is 11.7 Å². The van der Waals surface area contributed by atoms with Gasteiger partial charge < -0.3 is 21.5 Å². The van der Waals surface area contributed by atoms with E-state index in [4.69, 9.17) is 17.3 Å². The van der Waals surface area contributed by atoms with Crippen LogP contribution in [0.1, 0.15) is 48.8 Å². The number of amides is 1. The molecule has 41 heavy (non-hydrogen) atoms. The molecule has 1 saturated heterocycles. The summed E-state index contributed by atoms with van der Waals surface area (Å²) in [4.78, 5) is 27.0. The lowest BCUT2D eigenvalue weighted by atomic mass is 9.79. The number of likely N-dealkylation sites (tertiary alicyclic amines) is 1. The van der Waals surface area contributed by atoms with Crippen molar-refractivity contribution < 1.29 is 19.1 Å². The van der Waals surface area contributed by atoms with Gasteiger partial charge in [0.2, 0.25) is 5.91 Å². The number of rotatable bonds is 10. The second-order valence-corrected chi connectivity index (χ2v) is 11.2. The Morgan fingerprint density at radius 3 is 2.61 bits per heavy atom. The molecule has 1 aliphatic carbocycles. The standard InChI is InChI=1S/C31H31ClFN5O3/c32-23-7-9-24(10-8-23)36-30(41)38-18-25(39)16-28(38)29(40)37-27-15-22(6-11-26(27)33)31(35,13-12-19-4-5-19)21-3-1-2-20(14-21)17-34/h1-3,6-11,14-15,19,28,30,36,41H,4-5,12-13,16,18,35H2,(H,37,40)/t28-,30?,31?/m1/s1. The van der Waals surface area contributed by atoms with Crippen LogP contribution >= 0.6 is 11.6 Å². The summed E-state index contributed by atoms with van der Waals surface area (Å²) < 4.78 is 15.1. The summed E-state index contributed by atoms with van der Waals surface area (Å²) in [6, 6.07) is 19.2. The van der Waals surface area contributed by atoms with E-state index in [2.05, 4.69) is 16.7 Å². The third kappa shape index (κ3) is 6.58. The molecule has 1 aliphatic heterocycles. The fourth-order valence-electron chi connectivity index (χ4n) is 5.26. The zero-order valence-electron chi connectivity index (χ0n) is 22.3. The third-order valence-electron chi connectivity index (χ3n) is 7.83. The second kappa shape index (κ2) is 12.0. The molecule has 5 rings (SSSR count). The van der Waals surface area contributed by atoms with Gasteiger partial charge in [-0.25, -0.2) is 9.29 Å². The number of hydrogen-bond acceptors (Lipinski definition) is 7. The summed E-state index contributed by atoms with van der Waals surface area (Å²) in [5, 5.41) is 26.2. The van der Waals surface area contributed by atoms with E-state index in [1.54, 1.807) is 48.5 Å². The number of carbonyl (C=O) groups excluding carboxylic acids is 2. The van der Waals surface area contributed by atoms with E-state index in [-0.39, 0.29) is 24.4 Å². The molecule has 8 nitrogen and oxygen atoms in total. The summed E-state index contributed by atoms with van der Waals surface area (Å²) >= 11 is 5.92. The van der Waals surface area contributed by atoms with E-state index in [1.165, 1.54) is 17.0 Å². The first-order chi connectivity index (χ1) is 19.7. The molecule has 0 spiro atoms. The average Bonchev–Trinajstić information content (AvgIpc) is 3.72. The number of carbonyl (C=O) groups is 2. The van der Waals surface area contributed by atoms with Gasteiger partial charge in [-0.2, -0.15) is 5.26 Å². The first-order valence-electron chi connectivity index (χ1n) is 13.5. The van der Waals surface area contributed by atoms with Crippen LogP contribution in [0.3, 0.4) is 0 Å². The van der Waals surface area contributed by atoms with Gasteiger partial charge in [0.15, 0.2) is 6.35 Å². The Balaban J connectivity index is 1.38. The Bertz CT molecular complexity index is 1490. The highest BCUT2D eigenvalue weighted by Gasteiger charge is 2.40. The summed E-state index contributed by atoms with van der Waals surface area (Å²) in [5.41, 5.74) is 8.26. The number of anilines is 2. The van der Waals surface area contributed by atoms with Crippen molar-refractivity contribution in [3.05, 3.63) is 94.3 Å². The van der Waals surface area contributed by atoms with Crippen LogP contribution in [-0.2, 0) is 15.1 Å². The number of nitrogens with one attached hydrogen (secondary N) is 2. The maximum absolute atomic E-state index is 15.1. The molecule has 2 fully saturated rings. The van der Waals surface area contributed by atoms with Crippen molar-refractivity contribution in [2.45, 2.75) is 50.0 Å². The Morgan fingerprint density at radius 2 is 1.90 bits per heavy atom. The number of nitriles is 1. The maximum atomic E-state index is 15.1. The van der Waals surface area contributed by atoms with E-state index < -0.39 is 29.7 Å². The van der Waals surface area contributed by atoms with Crippen LogP contribution in [-0.4, -0.2) is 40.6 Å². The van der Waals surface area contributed by atoms with Gasteiger partial charge in [0, 0.05) is 17.1 Å². The van der Waals surface area contributed by atoms with Crippen molar-refractivity contribution in [2.75, 3.05) is 17.2 Å². The SMILES string of the molecule is N#Cc1cccc(C(N)(CCC2CC2)c2ccc(F)c(NC(=O)[C@H]3CC(=O)CN3C(O)Nc3ccc(Cl)cc3)c2)c1. The van der Waals surface area contributed by atoms with Gasteiger partial charge in [0.05, 0.1) is 29.4 Å². The third-order valence-corrected chi connectivity index (χ3v) is 8.08. The van der Waals surface area contributed by atoms with Crippen molar-refractivity contribution in [1.82, 2.24) is 4.90 Å². The highest BCUT2D eigenvalue weighted by Crippen LogP contribution is 2.40. The first-order valence-corrected chi connectivity index (χ1v) is 13.9. The minimum atomic E-state index is -1.35. The zero-order chi connectivity index (χ0) is 29.1. The van der Waals surface area contributed by atoms with E-state index in [9.17, 15) is 20.0 Å². The van der Waals surface area contributed by atoms with Gasteiger partial charge in [-0.05, 0) is 78.4 Å². The number of Topliss-reactive ketones (excluding diaryl/α,β-unsaturated/α-hetero) is 1. The van der Waals surface area contributed by atoms with Crippen LogP contribution in [0.15, 0.2) is 66.7 Å². The lowest BCUT2D eigenvalue weighted by Gasteiger charge is -2.32. The molecule has 0 bridgehead atoms. The molecule has 2 aliphatic rings. The number of nitrogens with zero attached hydrogens (tertiary/aromatic N) is 2. The minimum Gasteiger partial charge on any atom is -0.361 e. The molecule has 3 aromatic rings. The number of halogens is 2. The molecule has 10 heteroatoms. The van der Waals surface area contributed by atoms with Crippen LogP contribution in [0.2, 0.25) is 5.02 Å². The lowest BCUT2D eigenvalue weighted by Crippen LogP contribution is -2.48. The molecule has 0 radical (unpaired) electrons. The summed E-state index contributed by atoms with van der Waals surface area (Å²) in [6.45, 7) is -0.148. The van der Waals surface area contributed by atoms with Crippen molar-refractivity contribution in [1.29, 1.82) is 5.26 Å². The molecule has 3 aromatic carbocycles. The van der Waals surface area contributed by atoms with E-state index in [0.717, 1.165) is 24.8 Å². The van der Waals surface area contributed by atoms with Gasteiger partial charge in [0.25, 0.3) is 0 Å². The van der Waals surface area contributed by atoms with Gasteiger partial charge in [-0.1, -0.05) is 42.6 Å². The molecule has 5 N–H and O–H groups in total. The van der Waals surface area contributed by atoms with Crippen molar-refractivity contribution in [3.8, 4) is 6.07 Å². The molecular formula is C31H31ClFN5O3. The number of nitrogens with two attached hydrogens (primary N) is 1. The second-order valence-electron chi connectivity index (χ2n) is 10.8. The summed E-state index contributed by atoms with van der Waals surface area (Å²) in [6.07, 6.45) is 2.28. The molecule has 1 heterocycles. The summed E-state index contributed by atoms with van der Waals surface area (Å²) in [7, 11) is 0. The fourth-order valence-corrected chi connectivity index (χ4v) is 5.39. The lowest BCUT2D eigenvalue weighted by molar-refractivity contribution is -0.123. The highest BCUT2D eigenvalue weighted by molar-refractivity contribution is 6.30. The minimum absolute atomic E-state index is 0.0790. The number of aliphatic hydroxyl groups is 1. The van der Waals surface area contributed by atoms with Crippen LogP contribution in [0.5, 0.6) is 0 Å². The molecule has 1 amide bonds. The molecule has 2 unspecified atom stereocenters. The van der Waals surface area contributed by atoms with E-state index in [0.29, 0.717) is 34.2 Å². The molecule has 212 valence electrons. The summed E-state index contributed by atoms with van der Waals surface area (Å²) in [5.74, 6) is -0.922. The predicted octanol–water partition coefficient (Wildman–Crippen LogP) is 4.71. The monoisotopic (exact) mass is 575 g/mol. The van der Waals surface area contributed by atoms with Crippen molar-refractivity contribution >= 4 is 34.7 Å². The first kappa shape index (κ1) is 28.7. The van der Waals surface area contributed by atoms with Crippen molar-refractivity contribution in [3.63, 3.8) is 0 Å². The molecule has 1 saturated carbocycles. The largest absolute Gasteiger partial charge is 0.361 e.